The summed E-state index contributed by atoms with van der Waals surface area (Å²) < 4.78 is 0. The Hall–Kier alpha value is -2.40. The maximum absolute atomic E-state index is 10.7. The second-order valence-corrected chi connectivity index (χ2v) is 9.18. The topological polar surface area (TPSA) is 63.0 Å². The highest BCUT2D eigenvalue weighted by Gasteiger charge is 2.38. The number of phenols is 1. The molecule has 142 valence electrons. The van der Waals surface area contributed by atoms with Crippen LogP contribution in [0.2, 0.25) is 0 Å². The van der Waals surface area contributed by atoms with Crippen LogP contribution in [0.25, 0.3) is 16.7 Å². The van der Waals surface area contributed by atoms with Crippen LogP contribution in [0.3, 0.4) is 0 Å². The highest BCUT2D eigenvalue weighted by molar-refractivity contribution is 5.73. The first-order valence-corrected chi connectivity index (χ1v) is 9.59. The van der Waals surface area contributed by atoms with Gasteiger partial charge in [0.25, 0.3) is 0 Å². The van der Waals surface area contributed by atoms with Crippen molar-refractivity contribution < 1.29 is 5.11 Å². The molecule has 1 aliphatic rings. The Balaban J connectivity index is 1.80. The SMILES string of the molecule is Cc1cc(C2CC(C)(C)NC(C)(C)C2)cc(-n2nc3ccccc3n2)c1O. The van der Waals surface area contributed by atoms with Gasteiger partial charge < -0.3 is 10.4 Å². The molecular formula is C22H28N4O. The van der Waals surface area contributed by atoms with Crippen molar-refractivity contribution in [3.8, 4) is 11.4 Å². The molecule has 1 aliphatic heterocycles. The van der Waals surface area contributed by atoms with E-state index in [0.29, 0.717) is 11.6 Å². The van der Waals surface area contributed by atoms with E-state index in [2.05, 4.69) is 55.3 Å². The van der Waals surface area contributed by atoms with E-state index >= 15 is 0 Å². The van der Waals surface area contributed by atoms with Crippen molar-refractivity contribution in [2.24, 2.45) is 0 Å². The molecule has 5 nitrogen and oxygen atoms in total. The molecule has 0 atom stereocenters. The fourth-order valence-electron chi connectivity index (χ4n) is 4.70. The fraction of sp³-hybridized carbons (Fsp3) is 0.455. The number of aryl methyl sites for hydroxylation is 1. The van der Waals surface area contributed by atoms with E-state index in [1.54, 1.807) is 4.80 Å². The zero-order chi connectivity index (χ0) is 19.4. The largest absolute Gasteiger partial charge is 0.505 e. The number of fused-ring (bicyclic) bond motifs is 1. The average Bonchev–Trinajstić information content (AvgIpc) is 2.98. The fourth-order valence-corrected chi connectivity index (χ4v) is 4.70. The minimum absolute atomic E-state index is 0.0665. The van der Waals surface area contributed by atoms with Crippen LogP contribution in [0.5, 0.6) is 5.75 Å². The first-order chi connectivity index (χ1) is 12.6. The van der Waals surface area contributed by atoms with E-state index < -0.39 is 0 Å². The van der Waals surface area contributed by atoms with E-state index in [1.165, 1.54) is 5.56 Å². The van der Waals surface area contributed by atoms with Crippen LogP contribution in [0, 0.1) is 6.92 Å². The van der Waals surface area contributed by atoms with E-state index in [4.69, 9.17) is 0 Å². The summed E-state index contributed by atoms with van der Waals surface area (Å²) in [4.78, 5) is 1.56. The number of piperidine rings is 1. The number of phenolic OH excluding ortho intramolecular Hbond substituents is 1. The monoisotopic (exact) mass is 364 g/mol. The van der Waals surface area contributed by atoms with E-state index in [1.807, 2.05) is 31.2 Å². The predicted octanol–water partition coefficient (Wildman–Crippen LogP) is 4.46. The maximum atomic E-state index is 10.7. The lowest BCUT2D eigenvalue weighted by Crippen LogP contribution is -2.57. The lowest BCUT2D eigenvalue weighted by atomic mass is 9.73. The Morgan fingerprint density at radius 3 is 2.11 bits per heavy atom. The summed E-state index contributed by atoms with van der Waals surface area (Å²) >= 11 is 0. The molecule has 1 fully saturated rings. The first-order valence-electron chi connectivity index (χ1n) is 9.59. The van der Waals surface area contributed by atoms with E-state index in [9.17, 15) is 5.11 Å². The second kappa shape index (κ2) is 6.06. The van der Waals surface area contributed by atoms with E-state index in [-0.39, 0.29) is 16.8 Å². The van der Waals surface area contributed by atoms with Crippen molar-refractivity contribution in [1.82, 2.24) is 20.3 Å². The molecule has 0 saturated carbocycles. The van der Waals surface area contributed by atoms with Crippen molar-refractivity contribution >= 4 is 11.0 Å². The summed E-state index contributed by atoms with van der Waals surface area (Å²) in [5.74, 6) is 0.658. The molecule has 1 saturated heterocycles. The number of aromatic nitrogens is 3. The van der Waals surface area contributed by atoms with Crippen LogP contribution < -0.4 is 5.32 Å². The van der Waals surface area contributed by atoms with Gasteiger partial charge in [-0.2, -0.15) is 0 Å². The molecule has 4 rings (SSSR count). The lowest BCUT2D eigenvalue weighted by molar-refractivity contribution is 0.161. The molecule has 0 unspecified atom stereocenters. The Morgan fingerprint density at radius 1 is 1.00 bits per heavy atom. The van der Waals surface area contributed by atoms with Crippen LogP contribution >= 0.6 is 0 Å². The van der Waals surface area contributed by atoms with Crippen molar-refractivity contribution in [2.75, 3.05) is 0 Å². The summed E-state index contributed by atoms with van der Waals surface area (Å²) in [5, 5.41) is 23.6. The maximum Gasteiger partial charge on any atom is 0.146 e. The third kappa shape index (κ3) is 3.44. The van der Waals surface area contributed by atoms with Crippen LogP contribution in [0.4, 0.5) is 0 Å². The number of nitrogens with zero attached hydrogens (tertiary/aromatic N) is 3. The van der Waals surface area contributed by atoms with Gasteiger partial charge in [-0.25, -0.2) is 0 Å². The number of nitrogens with one attached hydrogen (secondary N) is 1. The molecule has 2 N–H and O–H groups in total. The zero-order valence-electron chi connectivity index (χ0n) is 16.7. The highest BCUT2D eigenvalue weighted by Crippen LogP contribution is 2.41. The highest BCUT2D eigenvalue weighted by atomic mass is 16.3. The van der Waals surface area contributed by atoms with E-state index in [0.717, 1.165) is 29.4 Å². The van der Waals surface area contributed by atoms with Crippen molar-refractivity contribution in [3.05, 3.63) is 47.5 Å². The third-order valence-corrected chi connectivity index (χ3v) is 5.47. The summed E-state index contributed by atoms with van der Waals surface area (Å²) in [7, 11) is 0. The zero-order valence-corrected chi connectivity index (χ0v) is 16.7. The molecule has 0 amide bonds. The van der Waals surface area contributed by atoms with Crippen molar-refractivity contribution in [2.45, 2.75) is 64.5 Å². The van der Waals surface area contributed by atoms with Gasteiger partial charge in [-0.3, -0.25) is 0 Å². The van der Waals surface area contributed by atoms with Gasteiger partial charge in [0, 0.05) is 11.1 Å². The third-order valence-electron chi connectivity index (χ3n) is 5.47. The molecule has 27 heavy (non-hydrogen) atoms. The standard InChI is InChI=1S/C22H28N4O/c1-14-10-15(16-12-21(2,3)25-22(4,5)13-16)11-19(20(14)27)26-23-17-8-6-7-9-18(17)24-26/h6-11,16,25,27H,12-13H2,1-5H3. The van der Waals surface area contributed by atoms with Gasteiger partial charge in [0.15, 0.2) is 0 Å². The van der Waals surface area contributed by atoms with Crippen LogP contribution in [0.15, 0.2) is 36.4 Å². The van der Waals surface area contributed by atoms with Gasteiger partial charge in [0.1, 0.15) is 22.5 Å². The van der Waals surface area contributed by atoms with Crippen LogP contribution in [-0.4, -0.2) is 31.2 Å². The first kappa shape index (κ1) is 18.0. The van der Waals surface area contributed by atoms with Crippen molar-refractivity contribution in [1.29, 1.82) is 0 Å². The number of rotatable bonds is 2. The predicted molar refractivity (Wildman–Crippen MR) is 109 cm³/mol. The lowest BCUT2D eigenvalue weighted by Gasteiger charge is -2.46. The van der Waals surface area contributed by atoms with Gasteiger partial charge in [0.2, 0.25) is 0 Å². The molecule has 0 bridgehead atoms. The molecule has 0 aliphatic carbocycles. The number of hydrogen-bond donors (Lipinski definition) is 2. The Morgan fingerprint density at radius 2 is 1.56 bits per heavy atom. The Kier molecular flexibility index (Phi) is 4.04. The molecule has 5 heteroatoms. The molecule has 2 aromatic carbocycles. The van der Waals surface area contributed by atoms with Gasteiger partial charge >= 0.3 is 0 Å². The van der Waals surface area contributed by atoms with Gasteiger partial charge in [0.05, 0.1) is 0 Å². The average molecular weight is 364 g/mol. The minimum atomic E-state index is 0.0665. The van der Waals surface area contributed by atoms with Crippen LogP contribution in [0.1, 0.15) is 57.6 Å². The molecule has 2 heterocycles. The van der Waals surface area contributed by atoms with Crippen molar-refractivity contribution in [3.63, 3.8) is 0 Å². The number of hydrogen-bond acceptors (Lipinski definition) is 4. The molecule has 0 radical (unpaired) electrons. The smallest absolute Gasteiger partial charge is 0.146 e. The quantitative estimate of drug-likeness (QED) is 0.705. The molecule has 3 aromatic rings. The Bertz CT molecular complexity index is 954. The Labute approximate surface area is 160 Å². The molecular weight excluding hydrogens is 336 g/mol. The summed E-state index contributed by atoms with van der Waals surface area (Å²) in [5.41, 5.74) is 4.53. The molecule has 0 spiro atoms. The number of aromatic hydroxyl groups is 1. The van der Waals surface area contributed by atoms with Gasteiger partial charge in [-0.05, 0) is 82.7 Å². The summed E-state index contributed by atoms with van der Waals surface area (Å²) in [6.45, 7) is 11.0. The second-order valence-electron chi connectivity index (χ2n) is 9.18. The number of benzene rings is 2. The molecule has 1 aromatic heterocycles. The summed E-state index contributed by atoms with van der Waals surface area (Å²) in [6, 6.07) is 11.9. The van der Waals surface area contributed by atoms with Crippen LogP contribution in [-0.2, 0) is 0 Å². The normalized spacial score (nSPS) is 19.4. The van der Waals surface area contributed by atoms with Gasteiger partial charge in [-0.1, -0.05) is 18.2 Å². The van der Waals surface area contributed by atoms with Gasteiger partial charge in [-0.15, -0.1) is 15.0 Å². The summed E-state index contributed by atoms with van der Waals surface area (Å²) in [6.07, 6.45) is 2.10. The minimum Gasteiger partial charge on any atom is -0.505 e.